The number of nitrogens with zero attached hydrogens (tertiary/aromatic N) is 3. The summed E-state index contributed by atoms with van der Waals surface area (Å²) in [6.07, 6.45) is 0.832. The third-order valence-corrected chi connectivity index (χ3v) is 7.06. The molecule has 1 unspecified atom stereocenters. The summed E-state index contributed by atoms with van der Waals surface area (Å²) in [5.74, 6) is 0.848. The Morgan fingerprint density at radius 2 is 1.71 bits per heavy atom. The molecule has 11 heteroatoms. The van der Waals surface area contributed by atoms with E-state index in [-0.39, 0.29) is 29.0 Å². The molecule has 1 aliphatic rings. The topological polar surface area (TPSA) is 124 Å². The number of rotatable bonds is 9. The van der Waals surface area contributed by atoms with Gasteiger partial charge in [-0.25, -0.2) is 8.42 Å². The van der Waals surface area contributed by atoms with E-state index < -0.39 is 22.0 Å². The first kappa shape index (κ1) is 23.7. The molecule has 10 nitrogen and oxygen atoms in total. The molecule has 2 heterocycles. The maximum Gasteiger partial charge on any atom is 0.322 e. The molecule has 3 aromatic rings. The predicted octanol–water partition coefficient (Wildman–Crippen LogP) is 3.65. The first-order valence-corrected chi connectivity index (χ1v) is 12.5. The van der Waals surface area contributed by atoms with Gasteiger partial charge in [0.2, 0.25) is 16.1 Å². The standard InChI is InChI=1S/C23H26N4O6S/c1-3-13-27(14-4-2)34(29,30)17-11-9-16(10-12-17)21(28)24-23-26-25-22(33-23)20-15-31-18-7-5-6-8-19(18)32-20/h5-12,20H,3-4,13-15H2,1-2H3,(H,24,26,28). The number of ether oxygens (including phenoxy) is 2. The van der Waals surface area contributed by atoms with Crippen LogP contribution in [0.4, 0.5) is 6.01 Å². The van der Waals surface area contributed by atoms with E-state index >= 15 is 0 Å². The van der Waals surface area contributed by atoms with Gasteiger partial charge in [-0.2, -0.15) is 4.31 Å². The highest BCUT2D eigenvalue weighted by Crippen LogP contribution is 2.35. The Morgan fingerprint density at radius 3 is 2.38 bits per heavy atom. The number of fused-ring (bicyclic) bond motifs is 1. The Balaban J connectivity index is 1.41. The van der Waals surface area contributed by atoms with Crippen molar-refractivity contribution >= 4 is 21.9 Å². The lowest BCUT2D eigenvalue weighted by atomic mass is 10.2. The molecule has 0 saturated heterocycles. The summed E-state index contributed by atoms with van der Waals surface area (Å²) in [5.41, 5.74) is 0.252. The van der Waals surface area contributed by atoms with Gasteiger partial charge in [0.1, 0.15) is 6.61 Å². The van der Waals surface area contributed by atoms with E-state index in [9.17, 15) is 13.2 Å². The second-order valence-electron chi connectivity index (χ2n) is 7.69. The zero-order valence-electron chi connectivity index (χ0n) is 18.9. The average molecular weight is 487 g/mol. The van der Waals surface area contributed by atoms with Crippen molar-refractivity contribution in [1.29, 1.82) is 0 Å². The van der Waals surface area contributed by atoms with Gasteiger partial charge >= 0.3 is 6.01 Å². The molecule has 0 spiro atoms. The van der Waals surface area contributed by atoms with Crippen LogP contribution in [0.1, 0.15) is 49.0 Å². The number of amides is 1. The number of hydrogen-bond donors (Lipinski definition) is 1. The Morgan fingerprint density at radius 1 is 1.03 bits per heavy atom. The fourth-order valence-electron chi connectivity index (χ4n) is 3.50. The van der Waals surface area contributed by atoms with Gasteiger partial charge in [-0.1, -0.05) is 31.1 Å². The number of aromatic nitrogens is 2. The number of para-hydroxylation sites is 2. The maximum absolute atomic E-state index is 12.9. The summed E-state index contributed by atoms with van der Waals surface area (Å²) in [6, 6.07) is 12.9. The van der Waals surface area contributed by atoms with Crippen LogP contribution in [0.15, 0.2) is 57.8 Å². The molecule has 4 rings (SSSR count). The lowest BCUT2D eigenvalue weighted by Crippen LogP contribution is -2.32. The number of benzene rings is 2. The van der Waals surface area contributed by atoms with Gasteiger partial charge in [0.15, 0.2) is 11.5 Å². The Kier molecular flexibility index (Phi) is 7.13. The van der Waals surface area contributed by atoms with Gasteiger partial charge in [0.05, 0.1) is 4.90 Å². The van der Waals surface area contributed by atoms with E-state index in [1.807, 2.05) is 26.0 Å². The molecule has 180 valence electrons. The molecule has 34 heavy (non-hydrogen) atoms. The number of sulfonamides is 1. The lowest BCUT2D eigenvalue weighted by molar-refractivity contribution is 0.0716. The van der Waals surface area contributed by atoms with Crippen LogP contribution in [-0.4, -0.2) is 48.5 Å². The largest absolute Gasteiger partial charge is 0.485 e. The summed E-state index contributed by atoms with van der Waals surface area (Å²) >= 11 is 0. The fraction of sp³-hybridized carbons (Fsp3) is 0.348. The van der Waals surface area contributed by atoms with Crippen molar-refractivity contribution in [3.8, 4) is 11.5 Å². The number of anilines is 1. The van der Waals surface area contributed by atoms with Crippen molar-refractivity contribution in [2.75, 3.05) is 25.0 Å². The Bertz CT molecular complexity index is 1240. The van der Waals surface area contributed by atoms with E-state index in [0.29, 0.717) is 24.6 Å². The third kappa shape index (κ3) is 5.05. The summed E-state index contributed by atoms with van der Waals surface area (Å²) in [4.78, 5) is 12.7. The van der Waals surface area contributed by atoms with Gasteiger partial charge in [-0.05, 0) is 49.2 Å². The first-order valence-electron chi connectivity index (χ1n) is 11.1. The molecule has 1 atom stereocenters. The zero-order valence-corrected chi connectivity index (χ0v) is 19.7. The molecule has 1 amide bonds. The Hall–Kier alpha value is -3.44. The molecule has 0 fully saturated rings. The smallest absolute Gasteiger partial charge is 0.322 e. The van der Waals surface area contributed by atoms with E-state index in [2.05, 4.69) is 15.5 Å². The number of carbonyl (C=O) groups excluding carboxylic acids is 1. The van der Waals surface area contributed by atoms with Crippen LogP contribution in [0.25, 0.3) is 0 Å². The maximum atomic E-state index is 12.9. The highest BCUT2D eigenvalue weighted by Gasteiger charge is 2.28. The van der Waals surface area contributed by atoms with Crippen LogP contribution in [-0.2, 0) is 10.0 Å². The van der Waals surface area contributed by atoms with Crippen LogP contribution in [0.5, 0.6) is 11.5 Å². The van der Waals surface area contributed by atoms with Crippen molar-refractivity contribution in [3.05, 3.63) is 60.0 Å². The van der Waals surface area contributed by atoms with Crippen LogP contribution in [0.3, 0.4) is 0 Å². The van der Waals surface area contributed by atoms with Crippen molar-refractivity contribution < 1.29 is 27.1 Å². The highest BCUT2D eigenvalue weighted by atomic mass is 32.2. The molecular weight excluding hydrogens is 460 g/mol. The molecule has 0 bridgehead atoms. The van der Waals surface area contributed by atoms with Gasteiger partial charge in [-0.15, -0.1) is 5.10 Å². The minimum Gasteiger partial charge on any atom is -0.485 e. The fourth-order valence-corrected chi connectivity index (χ4v) is 5.13. The van der Waals surface area contributed by atoms with Gasteiger partial charge < -0.3 is 13.9 Å². The van der Waals surface area contributed by atoms with Crippen LogP contribution < -0.4 is 14.8 Å². The average Bonchev–Trinajstić information content (AvgIpc) is 3.32. The second kappa shape index (κ2) is 10.2. The van der Waals surface area contributed by atoms with Gasteiger partial charge in [0, 0.05) is 18.7 Å². The monoisotopic (exact) mass is 486 g/mol. The minimum absolute atomic E-state index is 0.101. The Labute approximate surface area is 197 Å². The molecule has 0 saturated carbocycles. The van der Waals surface area contributed by atoms with Crippen molar-refractivity contribution in [2.24, 2.45) is 0 Å². The first-order chi connectivity index (χ1) is 16.4. The molecule has 1 aliphatic heterocycles. The molecule has 1 N–H and O–H groups in total. The van der Waals surface area contributed by atoms with E-state index in [4.69, 9.17) is 13.9 Å². The van der Waals surface area contributed by atoms with Gasteiger partial charge in [-0.3, -0.25) is 10.1 Å². The van der Waals surface area contributed by atoms with Gasteiger partial charge in [0.25, 0.3) is 11.8 Å². The molecule has 1 aromatic heterocycles. The normalized spacial score (nSPS) is 15.3. The number of nitrogens with one attached hydrogen (secondary N) is 1. The lowest BCUT2D eigenvalue weighted by Gasteiger charge is -2.23. The summed E-state index contributed by atoms with van der Waals surface area (Å²) in [6.45, 7) is 4.94. The molecule has 0 aliphatic carbocycles. The number of hydrogen-bond acceptors (Lipinski definition) is 8. The summed E-state index contributed by atoms with van der Waals surface area (Å²) in [5, 5.41) is 10.3. The summed E-state index contributed by atoms with van der Waals surface area (Å²) < 4.78 is 44.2. The van der Waals surface area contributed by atoms with E-state index in [0.717, 1.165) is 12.8 Å². The quantitative estimate of drug-likeness (QED) is 0.486. The molecule has 2 aromatic carbocycles. The van der Waals surface area contributed by atoms with Crippen LogP contribution in [0, 0.1) is 0 Å². The minimum atomic E-state index is -3.62. The van der Waals surface area contributed by atoms with Crippen molar-refractivity contribution in [3.63, 3.8) is 0 Å². The SMILES string of the molecule is CCCN(CCC)S(=O)(=O)c1ccc(C(=O)Nc2nnc(C3COc4ccccc4O3)o2)cc1. The predicted molar refractivity (Wildman–Crippen MR) is 123 cm³/mol. The summed E-state index contributed by atoms with van der Waals surface area (Å²) in [7, 11) is -3.62. The molecule has 0 radical (unpaired) electrons. The van der Waals surface area contributed by atoms with Crippen LogP contribution in [0.2, 0.25) is 0 Å². The highest BCUT2D eigenvalue weighted by molar-refractivity contribution is 7.89. The second-order valence-corrected chi connectivity index (χ2v) is 9.63. The van der Waals surface area contributed by atoms with Crippen molar-refractivity contribution in [2.45, 2.75) is 37.7 Å². The third-order valence-electron chi connectivity index (χ3n) is 5.15. The zero-order chi connectivity index (χ0) is 24.1. The van der Waals surface area contributed by atoms with Crippen molar-refractivity contribution in [1.82, 2.24) is 14.5 Å². The van der Waals surface area contributed by atoms with Crippen LogP contribution >= 0.6 is 0 Å². The number of carbonyl (C=O) groups is 1. The van der Waals surface area contributed by atoms with E-state index in [1.54, 1.807) is 12.1 Å². The van der Waals surface area contributed by atoms with E-state index in [1.165, 1.54) is 28.6 Å². The molecular formula is C23H26N4O6S.